The van der Waals surface area contributed by atoms with E-state index in [1.54, 1.807) is 35.6 Å². The van der Waals surface area contributed by atoms with Crippen molar-refractivity contribution in [3.8, 4) is 11.6 Å². The molecule has 3 amide bonds. The average molecular weight is 638 g/mol. The molecule has 4 rings (SSSR count). The zero-order chi connectivity index (χ0) is 27.6. The molecule has 0 unspecified atom stereocenters. The Bertz CT molecular complexity index is 1500. The van der Waals surface area contributed by atoms with E-state index in [2.05, 4.69) is 10.3 Å². The van der Waals surface area contributed by atoms with Gasteiger partial charge in [-0.25, -0.2) is 13.8 Å². The van der Waals surface area contributed by atoms with Crippen LogP contribution >= 0.6 is 22.6 Å². The van der Waals surface area contributed by atoms with Crippen LogP contribution < -0.4 is 15.6 Å². The van der Waals surface area contributed by atoms with Gasteiger partial charge in [0, 0.05) is 17.2 Å². The summed E-state index contributed by atoms with van der Waals surface area (Å²) in [5.74, 6) is -3.27. The third-order valence-corrected chi connectivity index (χ3v) is 6.79. The molecule has 0 saturated carbocycles. The largest absolute Gasteiger partial charge is 0.472 e. The number of aliphatic hydroxyl groups excluding tert-OH is 1. The first kappa shape index (κ1) is 27.3. The zero-order valence-electron chi connectivity index (χ0n) is 19.9. The average Bonchev–Trinajstić information content (AvgIpc) is 3.14. The van der Waals surface area contributed by atoms with Gasteiger partial charge in [-0.15, -0.1) is 0 Å². The van der Waals surface area contributed by atoms with Crippen molar-refractivity contribution in [3.05, 3.63) is 85.0 Å². The number of carbonyl (C=O) groups excluding carboxylic acids is 3. The van der Waals surface area contributed by atoms with Crippen LogP contribution in [0.3, 0.4) is 0 Å². The van der Waals surface area contributed by atoms with Crippen LogP contribution in [-0.2, 0) is 16.2 Å². The van der Waals surface area contributed by atoms with Gasteiger partial charge >= 0.3 is 0 Å². The Hall–Kier alpha value is -3.72. The lowest BCUT2D eigenvalue weighted by Gasteiger charge is -2.15. The number of hydrogen-bond donors (Lipinski definition) is 2. The van der Waals surface area contributed by atoms with E-state index in [1.165, 1.54) is 29.1 Å². The number of β-amino-alcohol motifs (C(OH)–C–C–N with tert-alkyl or cyclic N) is 1. The fraction of sp³-hybridized carbons (Fsp3) is 0.240. The van der Waals surface area contributed by atoms with Gasteiger partial charge in [-0.3, -0.25) is 28.6 Å². The molecule has 1 atom stereocenters. The normalized spacial score (nSPS) is 15.2. The Morgan fingerprint density at radius 2 is 1.97 bits per heavy atom. The molecule has 10 nitrogen and oxygen atoms in total. The second-order valence-corrected chi connectivity index (χ2v) is 9.48. The minimum Gasteiger partial charge on any atom is -0.472 e. The molecular weight excluding hydrogens is 617 g/mol. The van der Waals surface area contributed by atoms with Crippen molar-refractivity contribution in [2.75, 3.05) is 13.2 Å². The number of aliphatic hydroxyl groups is 1. The van der Waals surface area contributed by atoms with Crippen LogP contribution in [0.1, 0.15) is 27.9 Å². The Morgan fingerprint density at radius 1 is 1.21 bits per heavy atom. The molecule has 1 aromatic heterocycles. The predicted octanol–water partition coefficient (Wildman–Crippen LogP) is 1.85. The van der Waals surface area contributed by atoms with Gasteiger partial charge in [-0.2, -0.15) is 0 Å². The van der Waals surface area contributed by atoms with Crippen LogP contribution in [0.25, 0.3) is 5.69 Å². The molecule has 1 fully saturated rings. The first-order valence-electron chi connectivity index (χ1n) is 11.3. The summed E-state index contributed by atoms with van der Waals surface area (Å²) in [6.07, 6.45) is 0.991. The summed E-state index contributed by atoms with van der Waals surface area (Å²) in [5.41, 5.74) is 0.710. The minimum atomic E-state index is -1.06. The maximum Gasteiger partial charge on any atom is 0.275 e. The topological polar surface area (TPSA) is 131 Å². The Balaban J connectivity index is 1.54. The lowest BCUT2D eigenvalue weighted by Crippen LogP contribution is -2.42. The molecule has 13 heteroatoms. The molecule has 0 aliphatic carbocycles. The fourth-order valence-corrected chi connectivity index (χ4v) is 4.41. The number of imide groups is 1. The SMILES string of the molecule is Cc1ccc(C(=O)N[C@H]2CC(=O)N(CCO)C2=O)cc1-n1cnc(OCc2ccc(F)cc2F)c(I)c1=O. The summed E-state index contributed by atoms with van der Waals surface area (Å²) >= 11 is 1.75. The van der Waals surface area contributed by atoms with Gasteiger partial charge in [0.25, 0.3) is 17.4 Å². The standard InChI is InChI=1S/C25H21F2IN4O6/c1-13-2-3-14(22(35)30-18-10-20(34)31(6-7-33)24(18)36)8-19(13)32-12-29-23(21(28)25(32)37)38-11-15-4-5-16(26)9-17(15)27/h2-5,8-9,12,18,33H,6-7,10-11H2,1H3,(H,30,35)/t18-/m0/s1. The van der Waals surface area contributed by atoms with Gasteiger partial charge in [-0.05, 0) is 59.3 Å². The zero-order valence-corrected chi connectivity index (χ0v) is 22.1. The summed E-state index contributed by atoms with van der Waals surface area (Å²) in [6, 6.07) is 6.58. The molecular formula is C25H21F2IN4O6. The number of benzene rings is 2. The first-order valence-corrected chi connectivity index (χ1v) is 12.4. The molecule has 1 aliphatic heterocycles. The number of aryl methyl sites for hydroxylation is 1. The minimum absolute atomic E-state index is 0.0426. The highest BCUT2D eigenvalue weighted by Gasteiger charge is 2.39. The smallest absolute Gasteiger partial charge is 0.275 e. The quantitative estimate of drug-likeness (QED) is 0.285. The van der Waals surface area contributed by atoms with Crippen molar-refractivity contribution in [2.45, 2.75) is 26.0 Å². The maximum absolute atomic E-state index is 13.9. The van der Waals surface area contributed by atoms with E-state index in [-0.39, 0.29) is 46.8 Å². The molecule has 38 heavy (non-hydrogen) atoms. The number of rotatable bonds is 8. The van der Waals surface area contributed by atoms with Crippen molar-refractivity contribution in [1.82, 2.24) is 19.8 Å². The van der Waals surface area contributed by atoms with Gasteiger partial charge in [0.05, 0.1) is 25.3 Å². The Morgan fingerprint density at radius 3 is 2.68 bits per heavy atom. The first-order chi connectivity index (χ1) is 18.1. The van der Waals surface area contributed by atoms with Crippen molar-refractivity contribution in [3.63, 3.8) is 0 Å². The van der Waals surface area contributed by atoms with Crippen molar-refractivity contribution in [1.29, 1.82) is 0 Å². The monoisotopic (exact) mass is 638 g/mol. The summed E-state index contributed by atoms with van der Waals surface area (Å²) < 4.78 is 33.8. The molecule has 0 bridgehead atoms. The molecule has 2 N–H and O–H groups in total. The summed E-state index contributed by atoms with van der Waals surface area (Å²) in [6.45, 7) is 0.926. The summed E-state index contributed by atoms with van der Waals surface area (Å²) in [7, 11) is 0. The number of amides is 3. The third kappa shape index (κ3) is 5.57. The lowest BCUT2D eigenvalue weighted by atomic mass is 10.1. The molecule has 1 aliphatic rings. The number of nitrogens with one attached hydrogen (secondary N) is 1. The van der Waals surface area contributed by atoms with Gasteiger partial charge in [0.2, 0.25) is 11.8 Å². The molecule has 3 aromatic rings. The van der Waals surface area contributed by atoms with E-state index in [0.29, 0.717) is 11.3 Å². The van der Waals surface area contributed by atoms with Crippen molar-refractivity contribution >= 4 is 40.3 Å². The van der Waals surface area contributed by atoms with Crippen LogP contribution in [0.2, 0.25) is 0 Å². The third-order valence-electron chi connectivity index (χ3n) is 5.87. The summed E-state index contributed by atoms with van der Waals surface area (Å²) in [5, 5.41) is 11.6. The maximum atomic E-state index is 13.9. The van der Waals surface area contributed by atoms with Crippen LogP contribution in [0.5, 0.6) is 5.88 Å². The highest BCUT2D eigenvalue weighted by molar-refractivity contribution is 14.1. The van der Waals surface area contributed by atoms with Crippen LogP contribution in [-0.4, -0.2) is 56.5 Å². The van der Waals surface area contributed by atoms with Crippen LogP contribution in [0.15, 0.2) is 47.5 Å². The predicted molar refractivity (Wildman–Crippen MR) is 138 cm³/mol. The number of carbonyl (C=O) groups is 3. The van der Waals surface area contributed by atoms with E-state index in [4.69, 9.17) is 9.84 Å². The number of halogens is 3. The van der Waals surface area contributed by atoms with Crippen molar-refractivity contribution in [2.24, 2.45) is 0 Å². The lowest BCUT2D eigenvalue weighted by molar-refractivity contribution is -0.139. The highest BCUT2D eigenvalue weighted by atomic mass is 127. The van der Waals surface area contributed by atoms with Gasteiger partial charge in [0.15, 0.2) is 0 Å². The Kier molecular flexibility index (Phi) is 8.16. The number of nitrogens with zero attached hydrogens (tertiary/aromatic N) is 3. The summed E-state index contributed by atoms with van der Waals surface area (Å²) in [4.78, 5) is 55.4. The molecule has 1 saturated heterocycles. The molecule has 0 radical (unpaired) electrons. The molecule has 2 heterocycles. The van der Waals surface area contributed by atoms with E-state index in [9.17, 15) is 28.0 Å². The van der Waals surface area contributed by atoms with Gasteiger partial charge in [-0.1, -0.05) is 6.07 Å². The van der Waals surface area contributed by atoms with E-state index >= 15 is 0 Å². The van der Waals surface area contributed by atoms with Gasteiger partial charge in [0.1, 0.15) is 34.2 Å². The van der Waals surface area contributed by atoms with Crippen molar-refractivity contribution < 1.29 is 33.0 Å². The molecule has 198 valence electrons. The number of ether oxygens (including phenoxy) is 1. The second-order valence-electron chi connectivity index (χ2n) is 8.40. The fourth-order valence-electron chi connectivity index (χ4n) is 3.86. The van der Waals surface area contributed by atoms with E-state index < -0.39 is 41.0 Å². The number of likely N-dealkylation sites (tertiary alicyclic amines) is 1. The number of hydrogen-bond acceptors (Lipinski definition) is 7. The van der Waals surface area contributed by atoms with E-state index in [0.717, 1.165) is 17.0 Å². The highest BCUT2D eigenvalue weighted by Crippen LogP contribution is 2.21. The Labute approximate surface area is 228 Å². The molecule has 0 spiro atoms. The van der Waals surface area contributed by atoms with Crippen LogP contribution in [0.4, 0.5) is 8.78 Å². The number of aromatic nitrogens is 2. The second kappa shape index (κ2) is 11.3. The van der Waals surface area contributed by atoms with Gasteiger partial charge < -0.3 is 15.2 Å². The van der Waals surface area contributed by atoms with E-state index in [1.807, 2.05) is 0 Å². The molecule has 2 aromatic carbocycles. The van der Waals surface area contributed by atoms with Crippen LogP contribution in [0, 0.1) is 22.1 Å².